The number of amides is 3. The zero-order valence-electron chi connectivity index (χ0n) is 24.4. The molecule has 40 heavy (non-hydrogen) atoms. The summed E-state index contributed by atoms with van der Waals surface area (Å²) in [4.78, 5) is 44.5. The molecule has 2 bridgehead atoms. The first-order chi connectivity index (χ1) is 19.2. The minimum Gasteiger partial charge on any atom is -0.360 e. The van der Waals surface area contributed by atoms with Gasteiger partial charge in [0.05, 0.1) is 0 Å². The SMILES string of the molecule is Cc1onc(-c2ccccc2)c1C(=O)N1C[C@@H]2C[C@@H](C1)[C@@H]1CCCC(=O)N[C@H](C(C)C)CC[C@@H](C)CC(=O)N1C2. The molecular weight excluding hydrogens is 504 g/mol. The van der Waals surface area contributed by atoms with Crippen molar-refractivity contribution in [3.8, 4) is 11.3 Å². The standard InChI is InChI=1S/C32H44N4O4/c1-20(2)26-14-13-21(3)15-29(38)36-18-23-16-25(27(36)11-8-12-28(37)33-26)19-35(17-23)32(39)30-22(4)40-34-31(30)24-9-6-5-7-10-24/h5-7,9-10,20-21,23,25-27H,8,11-19H2,1-4H3,(H,33,37)/t21-,23+,25+,26+,27+/m1/s1. The quantitative estimate of drug-likeness (QED) is 0.578. The Morgan fingerprint density at radius 3 is 2.60 bits per heavy atom. The van der Waals surface area contributed by atoms with Crippen molar-refractivity contribution in [1.82, 2.24) is 20.3 Å². The van der Waals surface area contributed by atoms with E-state index in [1.54, 1.807) is 6.92 Å². The number of carbonyl (C=O) groups is 3. The molecule has 5 atom stereocenters. The molecule has 8 heteroatoms. The van der Waals surface area contributed by atoms with Crippen molar-refractivity contribution in [1.29, 1.82) is 0 Å². The number of hydrogen-bond donors (Lipinski definition) is 1. The minimum absolute atomic E-state index is 0.0400. The van der Waals surface area contributed by atoms with Crippen LogP contribution in [0.25, 0.3) is 11.3 Å². The van der Waals surface area contributed by atoms with Crippen molar-refractivity contribution in [3.63, 3.8) is 0 Å². The van der Waals surface area contributed by atoms with E-state index in [0.717, 1.165) is 37.7 Å². The number of benzene rings is 1. The largest absolute Gasteiger partial charge is 0.360 e. The second-order valence-corrected chi connectivity index (χ2v) is 12.7. The lowest BCUT2D eigenvalue weighted by atomic mass is 9.77. The molecule has 3 fully saturated rings. The van der Waals surface area contributed by atoms with Crippen molar-refractivity contribution in [3.05, 3.63) is 41.7 Å². The summed E-state index contributed by atoms with van der Waals surface area (Å²) < 4.78 is 5.50. The van der Waals surface area contributed by atoms with Crippen molar-refractivity contribution in [2.45, 2.75) is 84.7 Å². The van der Waals surface area contributed by atoms with Crippen LogP contribution in [-0.2, 0) is 9.59 Å². The van der Waals surface area contributed by atoms with E-state index in [0.29, 0.717) is 55.4 Å². The molecule has 2 aromatic rings. The molecule has 3 aliphatic heterocycles. The average molecular weight is 549 g/mol. The Bertz CT molecular complexity index is 1210. The molecule has 3 saturated heterocycles. The highest BCUT2D eigenvalue weighted by atomic mass is 16.5. The number of hydrogen-bond acceptors (Lipinski definition) is 5. The van der Waals surface area contributed by atoms with E-state index < -0.39 is 0 Å². The number of carbonyl (C=O) groups excluding carboxylic acids is 3. The summed E-state index contributed by atoms with van der Waals surface area (Å²) in [6, 6.07) is 9.87. The van der Waals surface area contributed by atoms with E-state index >= 15 is 0 Å². The van der Waals surface area contributed by atoms with Crippen molar-refractivity contribution >= 4 is 17.7 Å². The topological polar surface area (TPSA) is 95.7 Å². The predicted molar refractivity (Wildman–Crippen MR) is 153 cm³/mol. The van der Waals surface area contributed by atoms with Crippen LogP contribution in [0.3, 0.4) is 0 Å². The summed E-state index contributed by atoms with van der Waals surface area (Å²) >= 11 is 0. The number of likely N-dealkylation sites (tertiary alicyclic amines) is 1. The summed E-state index contributed by atoms with van der Waals surface area (Å²) in [6.07, 6.45) is 5.35. The van der Waals surface area contributed by atoms with Gasteiger partial charge in [0.2, 0.25) is 11.8 Å². The van der Waals surface area contributed by atoms with Crippen LogP contribution >= 0.6 is 0 Å². The van der Waals surface area contributed by atoms with E-state index in [9.17, 15) is 14.4 Å². The third-order valence-electron chi connectivity index (χ3n) is 9.25. The molecule has 5 rings (SSSR count). The van der Waals surface area contributed by atoms with Gasteiger partial charge in [0.25, 0.3) is 5.91 Å². The van der Waals surface area contributed by atoms with Gasteiger partial charge in [-0.05, 0) is 62.7 Å². The van der Waals surface area contributed by atoms with Crippen LogP contribution in [-0.4, -0.2) is 64.4 Å². The van der Waals surface area contributed by atoms with E-state index in [-0.39, 0.29) is 47.6 Å². The third-order valence-corrected chi connectivity index (χ3v) is 9.25. The van der Waals surface area contributed by atoms with Gasteiger partial charge in [-0.3, -0.25) is 14.4 Å². The maximum Gasteiger partial charge on any atom is 0.259 e. The average Bonchev–Trinajstić information content (AvgIpc) is 3.32. The minimum atomic E-state index is -0.0514. The molecule has 0 spiro atoms. The number of piperidine rings is 2. The molecule has 1 aromatic carbocycles. The van der Waals surface area contributed by atoms with Gasteiger partial charge in [-0.15, -0.1) is 0 Å². The molecule has 1 N–H and O–H groups in total. The van der Waals surface area contributed by atoms with Gasteiger partial charge in [0, 0.05) is 50.1 Å². The summed E-state index contributed by atoms with van der Waals surface area (Å²) in [5.41, 5.74) is 1.97. The monoisotopic (exact) mass is 548 g/mol. The molecule has 0 saturated carbocycles. The number of rotatable bonds is 3. The first-order valence-corrected chi connectivity index (χ1v) is 15.1. The zero-order chi connectivity index (χ0) is 28.4. The maximum atomic E-state index is 13.9. The second kappa shape index (κ2) is 12.1. The van der Waals surface area contributed by atoms with Crippen molar-refractivity contribution < 1.29 is 18.9 Å². The number of nitrogens with zero attached hydrogens (tertiary/aromatic N) is 3. The lowest BCUT2D eigenvalue weighted by Gasteiger charge is -2.51. The molecular formula is C32H44N4O4. The van der Waals surface area contributed by atoms with Crippen LogP contribution in [0.1, 0.15) is 81.8 Å². The van der Waals surface area contributed by atoms with Crippen LogP contribution in [0.15, 0.2) is 34.9 Å². The molecule has 1 aromatic heterocycles. The summed E-state index contributed by atoms with van der Waals surface area (Å²) in [5.74, 6) is 1.86. The highest BCUT2D eigenvalue weighted by Gasteiger charge is 2.44. The Morgan fingerprint density at radius 2 is 1.85 bits per heavy atom. The van der Waals surface area contributed by atoms with Gasteiger partial charge >= 0.3 is 0 Å². The van der Waals surface area contributed by atoms with Gasteiger partial charge in [-0.2, -0.15) is 0 Å². The van der Waals surface area contributed by atoms with Gasteiger partial charge in [0.1, 0.15) is 17.0 Å². The maximum absolute atomic E-state index is 13.9. The Morgan fingerprint density at radius 1 is 1.07 bits per heavy atom. The Kier molecular flexibility index (Phi) is 8.62. The van der Waals surface area contributed by atoms with Gasteiger partial charge in [-0.1, -0.05) is 56.3 Å². The lowest BCUT2D eigenvalue weighted by Crippen LogP contribution is -2.60. The van der Waals surface area contributed by atoms with Crippen LogP contribution in [0.5, 0.6) is 0 Å². The number of nitrogens with one attached hydrogen (secondary N) is 1. The first kappa shape index (κ1) is 28.4. The highest BCUT2D eigenvalue weighted by Crippen LogP contribution is 2.38. The summed E-state index contributed by atoms with van der Waals surface area (Å²) in [6.45, 7) is 10.1. The lowest BCUT2D eigenvalue weighted by molar-refractivity contribution is -0.141. The fraction of sp³-hybridized carbons (Fsp3) is 0.625. The molecule has 0 aliphatic carbocycles. The van der Waals surface area contributed by atoms with E-state index in [1.807, 2.05) is 35.2 Å². The normalized spacial score (nSPS) is 28.3. The Labute approximate surface area is 237 Å². The molecule has 8 nitrogen and oxygen atoms in total. The molecule has 0 radical (unpaired) electrons. The summed E-state index contributed by atoms with van der Waals surface area (Å²) in [7, 11) is 0. The molecule has 3 amide bonds. The predicted octanol–water partition coefficient (Wildman–Crippen LogP) is 5.07. The summed E-state index contributed by atoms with van der Waals surface area (Å²) in [5, 5.41) is 7.49. The number of fused-ring (bicyclic) bond motifs is 4. The first-order valence-electron chi connectivity index (χ1n) is 15.1. The highest BCUT2D eigenvalue weighted by molar-refractivity contribution is 6.00. The smallest absolute Gasteiger partial charge is 0.259 e. The zero-order valence-corrected chi connectivity index (χ0v) is 24.4. The molecule has 3 aliphatic rings. The Balaban J connectivity index is 1.35. The fourth-order valence-electron chi connectivity index (χ4n) is 7.05. The van der Waals surface area contributed by atoms with E-state index in [1.165, 1.54) is 0 Å². The van der Waals surface area contributed by atoms with E-state index in [2.05, 4.69) is 36.1 Å². The second-order valence-electron chi connectivity index (χ2n) is 12.7. The Hall–Kier alpha value is -3.16. The van der Waals surface area contributed by atoms with Gasteiger partial charge in [0.15, 0.2) is 0 Å². The van der Waals surface area contributed by atoms with Crippen molar-refractivity contribution in [2.75, 3.05) is 19.6 Å². The van der Waals surface area contributed by atoms with Gasteiger partial charge in [-0.25, -0.2) is 0 Å². The van der Waals surface area contributed by atoms with Crippen LogP contribution < -0.4 is 5.32 Å². The van der Waals surface area contributed by atoms with Crippen LogP contribution in [0.4, 0.5) is 0 Å². The van der Waals surface area contributed by atoms with Gasteiger partial charge < -0.3 is 19.6 Å². The number of aryl methyl sites for hydroxylation is 1. The van der Waals surface area contributed by atoms with Crippen molar-refractivity contribution in [2.24, 2.45) is 23.7 Å². The molecule has 4 heterocycles. The number of aromatic nitrogens is 1. The third kappa shape index (κ3) is 6.11. The molecule has 216 valence electrons. The van der Waals surface area contributed by atoms with Crippen LogP contribution in [0.2, 0.25) is 0 Å². The fourth-order valence-corrected chi connectivity index (χ4v) is 7.05. The molecule has 0 unspecified atom stereocenters. The van der Waals surface area contributed by atoms with Crippen LogP contribution in [0, 0.1) is 30.6 Å². The van der Waals surface area contributed by atoms with E-state index in [4.69, 9.17) is 4.52 Å².